The summed E-state index contributed by atoms with van der Waals surface area (Å²) in [5.74, 6) is -1.52. The predicted molar refractivity (Wildman–Crippen MR) is 438 cm³/mol. The number of amides is 8. The molecule has 4 heterocycles. The molecule has 18 rings (SSSR count). The average molecular weight is 1450 g/mol. The molecule has 0 bridgehead atoms. The van der Waals surface area contributed by atoms with Crippen molar-refractivity contribution in [2.45, 2.75) is 167 Å². The summed E-state index contributed by atoms with van der Waals surface area (Å²) in [4.78, 5) is 116. The van der Waals surface area contributed by atoms with Crippen LogP contribution in [0.1, 0.15) is 226 Å². The molecule has 548 valence electrons. The molecule has 0 N–H and O–H groups in total. The molecule has 12 heteroatoms. The van der Waals surface area contributed by atoms with Gasteiger partial charge in [-0.05, 0) is 189 Å². The van der Waals surface area contributed by atoms with Gasteiger partial charge >= 0.3 is 0 Å². The van der Waals surface area contributed by atoms with Crippen molar-refractivity contribution in [3.8, 4) is 66.8 Å². The number of imide groups is 4. The SMILES string of the molecule is CCCCCC(CC)N1C(=O)c2cccc3c(-c4ccc(-c5ccc(-c6ccc(-c7ccc8c9c(cccc79)C(=O)N(C(C)CCCC)C8=O)cc6)cc5)cc4)ccc(c23)C1=O.O=C1c2cccc3c(-c4ccc(-c5ccc6c7c(cccc57)C(=O)N(C5CCCCC5)C6=O)cc4)ccc(c23)C(=O)N1C1CCCCC1. The van der Waals surface area contributed by atoms with Gasteiger partial charge in [-0.15, -0.1) is 0 Å². The van der Waals surface area contributed by atoms with Gasteiger partial charge in [0.2, 0.25) is 0 Å². The van der Waals surface area contributed by atoms with Crippen LogP contribution in [0, 0.1) is 0 Å². The van der Waals surface area contributed by atoms with Crippen molar-refractivity contribution in [1.82, 2.24) is 19.6 Å². The Balaban J connectivity index is 0.000000165. The third-order valence-corrected chi connectivity index (χ3v) is 24.5. The summed E-state index contributed by atoms with van der Waals surface area (Å²) in [5, 5.41) is 6.57. The minimum absolute atomic E-state index is 0.0308. The molecule has 0 saturated heterocycles. The quantitative estimate of drug-likeness (QED) is 0.0609. The fourth-order valence-electron chi connectivity index (χ4n) is 18.7. The topological polar surface area (TPSA) is 150 Å². The van der Waals surface area contributed by atoms with E-state index in [4.69, 9.17) is 0 Å². The smallest absolute Gasteiger partial charge is 0.261 e. The van der Waals surface area contributed by atoms with Crippen LogP contribution in [0.5, 0.6) is 0 Å². The molecule has 0 radical (unpaired) electrons. The number of carbonyl (C=O) groups excluding carboxylic acids is 8. The zero-order chi connectivity index (χ0) is 75.6. The van der Waals surface area contributed by atoms with Crippen LogP contribution < -0.4 is 0 Å². The van der Waals surface area contributed by atoms with Crippen LogP contribution in [0.3, 0.4) is 0 Å². The molecule has 12 nitrogen and oxygen atoms in total. The Morgan fingerprint density at radius 3 is 0.836 bits per heavy atom. The predicted octanol–water partition coefficient (Wildman–Crippen LogP) is 23.0. The first-order valence-electron chi connectivity index (χ1n) is 39.9. The highest BCUT2D eigenvalue weighted by Crippen LogP contribution is 2.45. The number of benzene rings is 12. The molecule has 0 aromatic heterocycles. The molecule has 12 aromatic carbocycles. The van der Waals surface area contributed by atoms with Crippen LogP contribution in [0.4, 0.5) is 0 Å². The van der Waals surface area contributed by atoms with E-state index in [2.05, 4.69) is 118 Å². The van der Waals surface area contributed by atoms with Crippen LogP contribution in [0.15, 0.2) is 218 Å². The minimum Gasteiger partial charge on any atom is -0.272 e. The van der Waals surface area contributed by atoms with Gasteiger partial charge in [0.05, 0.1) is 0 Å². The first kappa shape index (κ1) is 71.2. The van der Waals surface area contributed by atoms with Crippen LogP contribution >= 0.6 is 0 Å². The van der Waals surface area contributed by atoms with Crippen molar-refractivity contribution in [3.63, 3.8) is 0 Å². The molecule has 2 unspecified atom stereocenters. The van der Waals surface area contributed by atoms with E-state index in [0.29, 0.717) is 44.5 Å². The third-order valence-electron chi connectivity index (χ3n) is 24.5. The van der Waals surface area contributed by atoms with E-state index in [0.717, 1.165) is 225 Å². The number of hydrogen-bond acceptors (Lipinski definition) is 8. The summed E-state index contributed by atoms with van der Waals surface area (Å²) >= 11 is 0. The van der Waals surface area contributed by atoms with E-state index in [-0.39, 0.29) is 71.4 Å². The molecular formula is C98H88N4O8. The molecule has 8 amide bonds. The number of nitrogens with zero attached hydrogens (tertiary/aromatic N) is 4. The van der Waals surface area contributed by atoms with Gasteiger partial charge in [-0.3, -0.25) is 58.0 Å². The van der Waals surface area contributed by atoms with Gasteiger partial charge in [-0.2, -0.15) is 0 Å². The normalized spacial score (nSPS) is 16.4. The van der Waals surface area contributed by atoms with E-state index in [1.165, 1.54) is 19.6 Å². The van der Waals surface area contributed by atoms with Crippen LogP contribution in [-0.4, -0.2) is 91.0 Å². The molecule has 2 aliphatic carbocycles. The van der Waals surface area contributed by atoms with E-state index in [1.54, 1.807) is 0 Å². The maximum Gasteiger partial charge on any atom is 0.261 e. The molecule has 2 saturated carbocycles. The van der Waals surface area contributed by atoms with Crippen molar-refractivity contribution >= 4 is 90.3 Å². The van der Waals surface area contributed by atoms with Crippen molar-refractivity contribution in [1.29, 1.82) is 0 Å². The summed E-state index contributed by atoms with van der Waals surface area (Å²) in [6.45, 7) is 8.31. The van der Waals surface area contributed by atoms with E-state index in [9.17, 15) is 38.4 Å². The van der Waals surface area contributed by atoms with Crippen LogP contribution in [-0.2, 0) is 0 Å². The second kappa shape index (κ2) is 29.7. The Labute approximate surface area is 641 Å². The average Bonchev–Trinajstić information content (AvgIpc) is 0.749. The summed E-state index contributed by atoms with van der Waals surface area (Å²) in [6.07, 6.45) is 17.5. The first-order valence-corrected chi connectivity index (χ1v) is 39.9. The second-order valence-corrected chi connectivity index (χ2v) is 30.9. The molecule has 2 atom stereocenters. The lowest BCUT2D eigenvalue weighted by atomic mass is 9.85. The molecule has 2 fully saturated rings. The van der Waals surface area contributed by atoms with Gasteiger partial charge in [0.1, 0.15) is 0 Å². The van der Waals surface area contributed by atoms with E-state index in [1.807, 2.05) is 128 Å². The number of unbranched alkanes of at least 4 members (excludes halogenated alkanes) is 3. The zero-order valence-electron chi connectivity index (χ0n) is 62.9. The Morgan fingerprint density at radius 2 is 0.536 bits per heavy atom. The van der Waals surface area contributed by atoms with Crippen molar-refractivity contribution in [2.24, 2.45) is 0 Å². The molecular weight excluding hydrogens is 1360 g/mol. The molecule has 6 aliphatic rings. The number of rotatable bonds is 18. The largest absolute Gasteiger partial charge is 0.272 e. The maximum absolute atomic E-state index is 13.9. The fraction of sp³-hybridized carbons (Fsp3) is 0.265. The van der Waals surface area contributed by atoms with Crippen molar-refractivity contribution < 1.29 is 38.4 Å². The maximum atomic E-state index is 13.9. The van der Waals surface area contributed by atoms with Crippen LogP contribution in [0.2, 0.25) is 0 Å². The lowest BCUT2D eigenvalue weighted by Gasteiger charge is -2.36. The summed E-state index contributed by atoms with van der Waals surface area (Å²) in [7, 11) is 0. The summed E-state index contributed by atoms with van der Waals surface area (Å²) < 4.78 is 0. The standard InChI is InChI=1S/C56H52N2O4.C42H36N2O4/c1-5-8-10-14-42(7-3)58-55(61)48-18-12-16-46-44(32-34-50(52(46)48)56(58)62)41-29-25-39(26-30-41)37-21-19-36(20-22-37)38-23-27-40(28-24-38)43-31-33-49-51-45(43)15-11-17-47(51)53(59)57(54(49)60)35(4)13-9-6-2;45-39-33-15-7-13-31-29(21-23-35(37(31)33)41(47)43(39)27-9-3-1-4-10-27)25-17-19-26(20-18-25)30-22-24-36-38-32(30)14-8-16-34(38)40(46)44(42(36)48)28-11-5-2-6-12-28/h11-12,15-35,42H,5-10,13-14H2,1-4H3;7-8,13-24,27-28H,1-6,9-12H2. The Hall–Kier alpha value is -11.8. The Morgan fingerprint density at radius 1 is 0.273 bits per heavy atom. The van der Waals surface area contributed by atoms with Gasteiger partial charge in [0, 0.05) is 90.2 Å². The van der Waals surface area contributed by atoms with Gasteiger partial charge in [-0.25, -0.2) is 0 Å². The van der Waals surface area contributed by atoms with Gasteiger partial charge in [0.25, 0.3) is 47.3 Å². The van der Waals surface area contributed by atoms with Crippen molar-refractivity contribution in [2.75, 3.05) is 0 Å². The van der Waals surface area contributed by atoms with E-state index >= 15 is 0 Å². The fourth-order valence-corrected chi connectivity index (χ4v) is 18.7. The lowest BCUT2D eigenvalue weighted by Crippen LogP contribution is -2.47. The molecule has 4 aliphatic heterocycles. The van der Waals surface area contributed by atoms with Gasteiger partial charge < -0.3 is 0 Å². The molecule has 12 aromatic rings. The number of carbonyl (C=O) groups is 8. The highest BCUT2D eigenvalue weighted by Gasteiger charge is 2.42. The summed E-state index contributed by atoms with van der Waals surface area (Å²) in [6, 6.07) is 72.2. The van der Waals surface area contributed by atoms with Gasteiger partial charge in [-0.1, -0.05) is 261 Å². The lowest BCUT2D eigenvalue weighted by molar-refractivity contribution is 0.0487. The highest BCUT2D eigenvalue weighted by molar-refractivity contribution is 6.31. The number of hydrogen-bond donors (Lipinski definition) is 0. The molecule has 0 spiro atoms. The zero-order valence-corrected chi connectivity index (χ0v) is 62.9. The monoisotopic (exact) mass is 1450 g/mol. The second-order valence-electron chi connectivity index (χ2n) is 30.9. The summed E-state index contributed by atoms with van der Waals surface area (Å²) in [5.41, 5.74) is 17.1. The van der Waals surface area contributed by atoms with E-state index < -0.39 is 0 Å². The minimum atomic E-state index is -0.210. The third kappa shape index (κ3) is 12.2. The molecule has 110 heavy (non-hydrogen) atoms. The van der Waals surface area contributed by atoms with Crippen LogP contribution in [0.25, 0.3) is 110 Å². The Bertz CT molecular complexity index is 5520. The van der Waals surface area contributed by atoms with Gasteiger partial charge in [0.15, 0.2) is 0 Å². The van der Waals surface area contributed by atoms with Crippen molar-refractivity contribution in [3.05, 3.63) is 263 Å². The highest BCUT2D eigenvalue weighted by atomic mass is 16.2. The first-order chi connectivity index (χ1) is 53.7. The Kier molecular flexibility index (Phi) is 19.2.